The Kier molecular flexibility index (Phi) is 22.7. The fourth-order valence-corrected chi connectivity index (χ4v) is 16.3. The molecule has 1 aliphatic carbocycles. The maximum atomic E-state index is 13.8. The van der Waals surface area contributed by atoms with Crippen LogP contribution in [-0.2, 0) is 53.3 Å². The fraction of sp³-hybridized carbons (Fsp3) is 0.221. The van der Waals surface area contributed by atoms with Gasteiger partial charge in [0.1, 0.15) is 28.8 Å². The topological polar surface area (TPSA) is 239 Å². The number of halogens is 2. The summed E-state index contributed by atoms with van der Waals surface area (Å²) in [6.07, 6.45) is 12.9. The number of aliphatic carboxylic acids is 1. The summed E-state index contributed by atoms with van der Waals surface area (Å²) in [5, 5.41) is 31.0. The molecule has 1 amide bonds. The van der Waals surface area contributed by atoms with Gasteiger partial charge in [-0.1, -0.05) is 160 Å². The Bertz CT molecular complexity index is 5680. The number of aromatic amines is 1. The first kappa shape index (κ1) is 74.3. The first-order valence-corrected chi connectivity index (χ1v) is 37.6. The molecule has 4 aromatic heterocycles. The van der Waals surface area contributed by atoms with Gasteiger partial charge in [0.25, 0.3) is 16.9 Å². The van der Waals surface area contributed by atoms with E-state index in [0.29, 0.717) is 54.0 Å². The number of nitro groups is 1. The molecule has 20 nitrogen and oxygen atoms in total. The fourth-order valence-electron chi connectivity index (χ4n) is 14.9. The van der Waals surface area contributed by atoms with E-state index in [4.69, 9.17) is 14.2 Å². The van der Waals surface area contributed by atoms with E-state index in [9.17, 15) is 38.9 Å². The Morgan fingerprint density at radius 1 is 0.862 bits per heavy atom. The number of carbonyl (C=O) groups is 2. The number of para-hydroxylation sites is 4. The number of anilines is 1. The van der Waals surface area contributed by atoms with E-state index >= 15 is 0 Å². The minimum atomic E-state index is -0.968. The van der Waals surface area contributed by atoms with Gasteiger partial charge in [-0.15, -0.1) is 0 Å². The van der Waals surface area contributed by atoms with Gasteiger partial charge in [-0.2, -0.15) is 0 Å². The number of nitrogens with one attached hydrogen (secondary N) is 3. The molecule has 5 aliphatic rings. The number of carbonyl (C=O) groups excluding carboxylic acids is 1. The van der Waals surface area contributed by atoms with E-state index in [1.54, 1.807) is 59.0 Å². The number of hydrogen-bond donors (Lipinski definition) is 4. The summed E-state index contributed by atoms with van der Waals surface area (Å²) in [5.74, 6) is -1.02. The number of amides is 1. The predicted molar refractivity (Wildman–Crippen MR) is 426 cm³/mol. The monoisotopic (exact) mass is 1540 g/mol. The van der Waals surface area contributed by atoms with Crippen LogP contribution in [0.5, 0.6) is 11.5 Å². The third-order valence-electron chi connectivity index (χ3n) is 20.3. The van der Waals surface area contributed by atoms with Crippen LogP contribution in [0.1, 0.15) is 69.1 Å². The molecule has 8 heterocycles. The molecule has 9 aromatic carbocycles. The minimum Gasteiger partial charge on any atom is -0.497 e. The van der Waals surface area contributed by atoms with Crippen molar-refractivity contribution in [2.24, 2.45) is 11.8 Å². The predicted octanol–water partition coefficient (Wildman–Crippen LogP) is 15.6. The zero-order chi connectivity index (χ0) is 75.7. The number of fused-ring (bicyclic) bond motifs is 9. The highest BCUT2D eigenvalue weighted by molar-refractivity contribution is 9.10. The second kappa shape index (κ2) is 33.3. The van der Waals surface area contributed by atoms with Crippen molar-refractivity contribution in [2.45, 2.75) is 76.5 Å². The van der Waals surface area contributed by atoms with Crippen molar-refractivity contribution < 1.29 is 43.0 Å². The molecule has 5 atom stereocenters. The van der Waals surface area contributed by atoms with Gasteiger partial charge in [-0.3, -0.25) is 29.5 Å². The number of carboxylic acids is 1. The van der Waals surface area contributed by atoms with Gasteiger partial charge in [0.05, 0.1) is 64.9 Å². The lowest BCUT2D eigenvalue weighted by Crippen LogP contribution is -2.39. The van der Waals surface area contributed by atoms with Crippen molar-refractivity contribution in [3.8, 4) is 11.5 Å². The number of thiazole rings is 1. The van der Waals surface area contributed by atoms with Gasteiger partial charge in [-0.05, 0) is 157 Å². The molecule has 2 saturated heterocycles. The standard InChI is InChI=1S/C20H19NO2.C18H20N3O.C17H18N2O2.C16H8BrFN2OS.C15H14N2O4/c1-14-3-9-18-15(11-14)4-10-20-19(18)12-21(13-23-20)16-5-7-17(22-2)8-6-16;1-21(22)18-9-5-2-6-15(18)12-19-11-10-14-13-20-17-8-4-3-7-16(14)17;20-19(21)15-8-3-5-13(11-15)12-18-17-10-4-7-14-6-1-2-9-16(14)17;17-10-5-6-11(18)9(7-10)8-14-15(21)20-13-4-2-1-3-12(13)19-16(20)22-14;18-13-12-11(14(19)20)10-4-5-15(12,21-10)8-17(13)7-9-3-1-2-6-16-9/h3-11H,12-13H2,1-2H3;2-9,13,19-20H,10-12H2,1H3;1-3,5-6,8-9,11,17-18H,4,7,10,12H2;1-8H;1-6,10-12H,7-8H2,(H,19,20)/q;+1;;;/b;;;14-8-;. The normalized spacial score (nSPS) is 17.9. The molecule has 2 bridgehead atoms. The van der Waals surface area contributed by atoms with Crippen molar-refractivity contribution in [2.75, 3.05) is 38.9 Å². The van der Waals surface area contributed by atoms with Crippen LogP contribution >= 0.6 is 27.3 Å². The average Bonchev–Trinajstić information content (AvgIpc) is 1.54. The van der Waals surface area contributed by atoms with Crippen LogP contribution in [0.3, 0.4) is 0 Å². The highest BCUT2D eigenvalue weighted by atomic mass is 79.9. The van der Waals surface area contributed by atoms with Crippen LogP contribution in [-0.4, -0.2) is 96.6 Å². The van der Waals surface area contributed by atoms with E-state index in [1.165, 1.54) is 86.4 Å². The number of nitrogens with zero attached hydrogens (tertiary/aromatic N) is 7. The molecule has 23 heteroatoms. The van der Waals surface area contributed by atoms with Gasteiger partial charge in [0.15, 0.2) is 18.7 Å². The van der Waals surface area contributed by atoms with Crippen LogP contribution in [0.4, 0.5) is 21.5 Å². The molecule has 0 radical (unpaired) electrons. The number of hydrogen-bond acceptors (Lipinski definition) is 15. The van der Waals surface area contributed by atoms with Crippen LogP contribution < -0.4 is 35.1 Å². The summed E-state index contributed by atoms with van der Waals surface area (Å²) in [7, 11) is 3.22. The lowest BCUT2D eigenvalue weighted by molar-refractivity contribution is -0.429. The Balaban J connectivity index is 0.000000114. The number of ether oxygens (including phenoxy) is 3. The zero-order valence-corrected chi connectivity index (χ0v) is 62.5. The number of pyridine rings is 1. The number of methoxy groups -OCH3 is 1. The SMILES string of the molecule is COc1ccc(N2COc3ccc4cc(C)ccc4c3C2)cc1.C[N+](=O)c1ccccc1CNCCc1c[nH]c2ccccc12.O=C(O)C1C2C=CC3(CN(Cc4ccccn4)C(=O)C13)O2.O=[N+]([O-])c1cccc(CNC2CCCc3ccccc32)c1.O=c1/c(=C/c2cc(Br)ccc2F)sc2nc3ccccc3n12. The largest absolute Gasteiger partial charge is 0.497 e. The molecule has 4 N–H and O–H groups in total. The quantitative estimate of drug-likeness (QED) is 0.0231. The maximum Gasteiger partial charge on any atom is 0.310 e. The second-order valence-corrected chi connectivity index (χ2v) is 29.3. The van der Waals surface area contributed by atoms with Crippen LogP contribution in [0.2, 0.25) is 0 Å². The van der Waals surface area contributed by atoms with Gasteiger partial charge in [0.2, 0.25) is 5.91 Å². The second-order valence-electron chi connectivity index (χ2n) is 27.4. The number of likely N-dealkylation sites (tertiary alicyclic amines) is 1. The zero-order valence-electron chi connectivity index (χ0n) is 60.1. The third kappa shape index (κ3) is 16.6. The number of aryl methyl sites for hydroxylation is 2. The van der Waals surface area contributed by atoms with Crippen molar-refractivity contribution in [3.05, 3.63) is 327 Å². The number of H-pyrrole nitrogens is 1. The smallest absolute Gasteiger partial charge is 0.310 e. The maximum absolute atomic E-state index is 13.8. The molecular weight excluding hydrogens is 1460 g/mol. The number of nitro benzene ring substituents is 1. The van der Waals surface area contributed by atoms with Crippen LogP contribution in [0.15, 0.2) is 246 Å². The number of aromatic nitrogens is 4. The van der Waals surface area contributed by atoms with E-state index in [0.717, 1.165) is 92.3 Å². The molecule has 109 heavy (non-hydrogen) atoms. The summed E-state index contributed by atoms with van der Waals surface area (Å²) >= 11 is 4.57. The molecule has 2 fully saturated rings. The van der Waals surface area contributed by atoms with E-state index in [1.807, 2.05) is 97.1 Å². The number of non-ortho nitro benzene ring substituents is 1. The van der Waals surface area contributed by atoms with Crippen LogP contribution in [0.25, 0.3) is 43.7 Å². The summed E-state index contributed by atoms with van der Waals surface area (Å²) in [6.45, 7) is 6.54. The highest BCUT2D eigenvalue weighted by Crippen LogP contribution is 2.52. The van der Waals surface area contributed by atoms with Crippen molar-refractivity contribution in [3.63, 3.8) is 0 Å². The van der Waals surface area contributed by atoms with Gasteiger partial charge >= 0.3 is 5.97 Å². The number of benzene rings is 9. The molecule has 5 unspecified atom stereocenters. The van der Waals surface area contributed by atoms with E-state index in [-0.39, 0.29) is 27.9 Å². The lowest BCUT2D eigenvalue weighted by Gasteiger charge is -2.31. The third-order valence-corrected chi connectivity index (χ3v) is 21.7. The molecule has 0 saturated carbocycles. The molecule has 1 spiro atoms. The Hall–Kier alpha value is -11.6. The van der Waals surface area contributed by atoms with Gasteiger partial charge in [-0.25, -0.2) is 13.8 Å². The van der Waals surface area contributed by atoms with Crippen LogP contribution in [0, 0.1) is 39.6 Å². The Morgan fingerprint density at radius 3 is 2.48 bits per heavy atom. The summed E-state index contributed by atoms with van der Waals surface area (Å²) in [6, 6.07) is 68.3. The lowest BCUT2D eigenvalue weighted by atomic mass is 9.77. The summed E-state index contributed by atoms with van der Waals surface area (Å²) < 4.78 is 34.6. The van der Waals surface area contributed by atoms with Crippen molar-refractivity contribution in [1.82, 2.24) is 34.9 Å². The number of rotatable bonds is 16. The van der Waals surface area contributed by atoms with Crippen molar-refractivity contribution >= 4 is 100.0 Å². The molecule has 552 valence electrons. The molecule has 4 aliphatic heterocycles. The van der Waals surface area contributed by atoms with Crippen molar-refractivity contribution in [1.29, 1.82) is 0 Å². The number of carboxylic acid groups (broad SMARTS) is 1. The molecule has 18 rings (SSSR count). The number of imidazole rings is 1. The van der Waals surface area contributed by atoms with E-state index in [2.05, 4.69) is 144 Å². The first-order valence-electron chi connectivity index (χ1n) is 36.0. The Morgan fingerprint density at radius 2 is 1.66 bits per heavy atom. The first-order chi connectivity index (χ1) is 53.0. The minimum absolute atomic E-state index is 0.151. The van der Waals surface area contributed by atoms with Gasteiger partial charge < -0.3 is 44.7 Å². The molecular formula is C86H79BrFN10O10S+. The number of nitroso groups, excluding NO2 is 1. The highest BCUT2D eigenvalue weighted by Gasteiger charge is 2.67. The summed E-state index contributed by atoms with van der Waals surface area (Å²) in [5.41, 5.74) is 13.6. The van der Waals surface area contributed by atoms with E-state index < -0.39 is 29.5 Å². The molecule has 13 aromatic rings. The summed E-state index contributed by atoms with van der Waals surface area (Å²) in [4.78, 5) is 75.1. The average molecular weight is 1540 g/mol. The van der Waals surface area contributed by atoms with Gasteiger partial charge in [0, 0.05) is 97.1 Å². The Labute approximate surface area is 640 Å².